The molecule has 154 valence electrons. The van der Waals surface area contributed by atoms with Gasteiger partial charge in [-0.2, -0.15) is 0 Å². The van der Waals surface area contributed by atoms with Gasteiger partial charge in [0.1, 0.15) is 5.82 Å². The van der Waals surface area contributed by atoms with Gasteiger partial charge in [-0.15, -0.1) is 10.2 Å². The number of pyridine rings is 1. The van der Waals surface area contributed by atoms with Crippen molar-refractivity contribution in [2.24, 2.45) is 0 Å². The molecule has 0 radical (unpaired) electrons. The molecule has 0 atom stereocenters. The number of ether oxygens (including phenoxy) is 1. The largest absolute Gasteiger partial charge is 0.381 e. The summed E-state index contributed by atoms with van der Waals surface area (Å²) in [4.78, 5) is 12.6. The van der Waals surface area contributed by atoms with Crippen molar-refractivity contribution in [3.05, 3.63) is 54.7 Å². The third-order valence-corrected chi connectivity index (χ3v) is 5.85. The average Bonchev–Trinajstić information content (AvgIpc) is 3.42. The second-order valence-corrected chi connectivity index (χ2v) is 7.81. The fraction of sp³-hybridized carbons (Fsp3) is 0.500. The Morgan fingerprint density at radius 3 is 2.66 bits per heavy atom. The number of hydrogen-bond acceptors (Lipinski definition) is 4. The summed E-state index contributed by atoms with van der Waals surface area (Å²) >= 11 is 0. The van der Waals surface area contributed by atoms with Crippen molar-refractivity contribution in [2.75, 3.05) is 19.8 Å². The summed E-state index contributed by atoms with van der Waals surface area (Å²) in [6.07, 6.45) is 12.4. The van der Waals surface area contributed by atoms with E-state index in [0.717, 1.165) is 56.5 Å². The number of nitrogens with zero attached hydrogens (tertiary/aromatic N) is 4. The van der Waals surface area contributed by atoms with E-state index < -0.39 is 0 Å². The number of hydrogen-bond donors (Lipinski definition) is 1. The Morgan fingerprint density at radius 1 is 1.03 bits per heavy atom. The number of nitrogens with one attached hydrogen (secondary N) is 1. The van der Waals surface area contributed by atoms with Gasteiger partial charge in [0.25, 0.3) is 0 Å². The second-order valence-electron chi connectivity index (χ2n) is 7.81. The van der Waals surface area contributed by atoms with Crippen LogP contribution >= 0.6 is 0 Å². The van der Waals surface area contributed by atoms with E-state index >= 15 is 0 Å². The molecule has 0 spiro atoms. The molecule has 1 amide bonds. The number of amides is 1. The monoisotopic (exact) mass is 395 g/mol. The van der Waals surface area contributed by atoms with Crippen molar-refractivity contribution < 1.29 is 9.53 Å². The maximum Gasteiger partial charge on any atom is 0.222 e. The Hall–Kier alpha value is -2.67. The Kier molecular flexibility index (Phi) is 6.24. The van der Waals surface area contributed by atoms with E-state index in [1.54, 1.807) is 0 Å². The van der Waals surface area contributed by atoms with Crippen LogP contribution in [0.1, 0.15) is 44.3 Å². The minimum absolute atomic E-state index is 0.129. The van der Waals surface area contributed by atoms with E-state index in [1.807, 2.05) is 40.9 Å². The summed E-state index contributed by atoms with van der Waals surface area (Å²) in [5, 5.41) is 11.6. The van der Waals surface area contributed by atoms with Gasteiger partial charge in [-0.05, 0) is 49.9 Å². The minimum Gasteiger partial charge on any atom is -0.381 e. The Bertz CT molecular complexity index is 912. The Morgan fingerprint density at radius 2 is 1.83 bits per heavy atom. The highest BCUT2D eigenvalue weighted by Gasteiger charge is 2.35. The number of carbonyl (C=O) groups excluding carboxylic acids is 1. The zero-order valence-electron chi connectivity index (χ0n) is 16.8. The predicted molar refractivity (Wildman–Crippen MR) is 111 cm³/mol. The summed E-state index contributed by atoms with van der Waals surface area (Å²) in [6.45, 7) is 2.14. The van der Waals surface area contributed by atoms with Gasteiger partial charge in [0.05, 0.1) is 12.0 Å². The lowest BCUT2D eigenvalue weighted by Gasteiger charge is -2.38. The molecule has 1 fully saturated rings. The third-order valence-electron chi connectivity index (χ3n) is 5.85. The molecule has 4 rings (SSSR count). The highest BCUT2D eigenvalue weighted by atomic mass is 16.5. The second kappa shape index (κ2) is 9.22. The van der Waals surface area contributed by atoms with Crippen LogP contribution in [0.2, 0.25) is 0 Å². The van der Waals surface area contributed by atoms with E-state index in [2.05, 4.69) is 32.5 Å². The lowest BCUT2D eigenvalue weighted by Crippen LogP contribution is -2.43. The normalized spacial score (nSPS) is 16.1. The van der Waals surface area contributed by atoms with Gasteiger partial charge < -0.3 is 14.6 Å². The summed E-state index contributed by atoms with van der Waals surface area (Å²) in [6, 6.07) is 9.97. The summed E-state index contributed by atoms with van der Waals surface area (Å²) in [5.41, 5.74) is 0.736. The van der Waals surface area contributed by atoms with Crippen LogP contribution in [0.5, 0.6) is 0 Å². The van der Waals surface area contributed by atoms with Crippen molar-refractivity contribution in [1.82, 2.24) is 24.5 Å². The van der Waals surface area contributed by atoms with Crippen LogP contribution in [0.3, 0.4) is 0 Å². The van der Waals surface area contributed by atoms with Crippen molar-refractivity contribution >= 4 is 11.6 Å². The SMILES string of the molecule is O=C(CC1(n2cccc2)CCOCC1)NCCCCCc1nnc2ccccn12. The van der Waals surface area contributed by atoms with Crippen molar-refractivity contribution in [2.45, 2.75) is 50.5 Å². The van der Waals surface area contributed by atoms with Crippen LogP contribution in [0.4, 0.5) is 0 Å². The van der Waals surface area contributed by atoms with Gasteiger partial charge in [-0.1, -0.05) is 12.5 Å². The van der Waals surface area contributed by atoms with E-state index in [1.165, 1.54) is 0 Å². The van der Waals surface area contributed by atoms with Crippen LogP contribution in [-0.4, -0.2) is 44.8 Å². The zero-order valence-corrected chi connectivity index (χ0v) is 16.8. The molecule has 29 heavy (non-hydrogen) atoms. The van der Waals surface area contributed by atoms with Crippen LogP contribution in [0.25, 0.3) is 5.65 Å². The summed E-state index contributed by atoms with van der Waals surface area (Å²) < 4.78 is 9.76. The maximum atomic E-state index is 12.6. The first-order valence-corrected chi connectivity index (χ1v) is 10.5. The molecule has 1 saturated heterocycles. The smallest absolute Gasteiger partial charge is 0.222 e. The molecule has 0 unspecified atom stereocenters. The molecule has 0 bridgehead atoms. The molecule has 0 aromatic carbocycles. The Balaban J connectivity index is 1.19. The molecule has 3 aromatic rings. The molecular weight excluding hydrogens is 366 g/mol. The van der Waals surface area contributed by atoms with E-state index in [-0.39, 0.29) is 11.4 Å². The fourth-order valence-corrected chi connectivity index (χ4v) is 4.16. The highest BCUT2D eigenvalue weighted by molar-refractivity contribution is 5.77. The molecule has 1 N–H and O–H groups in total. The van der Waals surface area contributed by atoms with Gasteiger partial charge in [0.2, 0.25) is 5.91 Å². The topological polar surface area (TPSA) is 73.4 Å². The van der Waals surface area contributed by atoms with Gasteiger partial charge in [-0.3, -0.25) is 9.20 Å². The molecule has 3 aromatic heterocycles. The number of fused-ring (bicyclic) bond motifs is 1. The maximum absolute atomic E-state index is 12.6. The van der Waals surface area contributed by atoms with Gasteiger partial charge in [-0.25, -0.2) is 0 Å². The van der Waals surface area contributed by atoms with Crippen molar-refractivity contribution in [3.8, 4) is 0 Å². The van der Waals surface area contributed by atoms with Crippen LogP contribution < -0.4 is 5.32 Å². The number of aryl methyl sites for hydroxylation is 1. The summed E-state index contributed by atoms with van der Waals surface area (Å²) in [7, 11) is 0. The molecule has 7 nitrogen and oxygen atoms in total. The standard InChI is InChI=1S/C22H29N5O2/c28-21(18-22(10-16-29-17-11-22)26-13-6-7-14-26)23-12-4-1-2-8-19-24-25-20-9-3-5-15-27(19)20/h3,5-7,9,13-15H,1-2,4,8,10-12,16-18H2,(H,23,28). The van der Waals surface area contributed by atoms with E-state index in [9.17, 15) is 4.79 Å². The lowest BCUT2D eigenvalue weighted by molar-refractivity contribution is -0.124. The number of aromatic nitrogens is 4. The molecule has 7 heteroatoms. The van der Waals surface area contributed by atoms with E-state index in [4.69, 9.17) is 4.74 Å². The molecular formula is C22H29N5O2. The third kappa shape index (κ3) is 4.67. The number of carbonyl (C=O) groups is 1. The van der Waals surface area contributed by atoms with Crippen molar-refractivity contribution in [3.63, 3.8) is 0 Å². The molecule has 1 aliphatic heterocycles. The number of unbranched alkanes of at least 4 members (excludes halogenated alkanes) is 2. The highest BCUT2D eigenvalue weighted by Crippen LogP contribution is 2.32. The van der Waals surface area contributed by atoms with Crippen LogP contribution in [0.15, 0.2) is 48.9 Å². The molecule has 0 saturated carbocycles. The first-order valence-electron chi connectivity index (χ1n) is 10.5. The van der Waals surface area contributed by atoms with Gasteiger partial charge >= 0.3 is 0 Å². The minimum atomic E-state index is -0.152. The van der Waals surface area contributed by atoms with E-state index in [0.29, 0.717) is 19.6 Å². The average molecular weight is 396 g/mol. The predicted octanol–water partition coefficient (Wildman–Crippen LogP) is 2.96. The lowest BCUT2D eigenvalue weighted by atomic mass is 9.86. The molecule has 1 aliphatic rings. The fourth-order valence-electron chi connectivity index (χ4n) is 4.16. The first kappa shape index (κ1) is 19.6. The summed E-state index contributed by atoms with van der Waals surface area (Å²) in [5.74, 6) is 1.13. The molecule has 0 aliphatic carbocycles. The van der Waals surface area contributed by atoms with Gasteiger partial charge in [0, 0.05) is 44.8 Å². The quantitative estimate of drug-likeness (QED) is 0.566. The van der Waals surface area contributed by atoms with Crippen molar-refractivity contribution in [1.29, 1.82) is 0 Å². The Labute approximate surface area is 171 Å². The number of rotatable bonds is 9. The first-order chi connectivity index (χ1) is 14.3. The van der Waals surface area contributed by atoms with Gasteiger partial charge in [0.15, 0.2) is 5.65 Å². The zero-order chi connectivity index (χ0) is 19.9. The van der Waals surface area contributed by atoms with Crippen LogP contribution in [0, 0.1) is 0 Å². The molecule has 4 heterocycles. The van der Waals surface area contributed by atoms with Crippen LogP contribution in [-0.2, 0) is 21.5 Å².